The minimum atomic E-state index is -0.630. The second kappa shape index (κ2) is 9.67. The summed E-state index contributed by atoms with van der Waals surface area (Å²) in [7, 11) is 0. The standard InChI is InChI=1S/C25H20BrN3O6/c1-2-32-22-10-16(12-27-29-24(30)17-5-3-4-6-19(17)28-25(29)31)18(26)11-23(22)33-13-15-7-8-20-21(9-15)35-14-34-20/h3-12H,2,13-14H2,1H3,(H,28,31). The van der Waals surface area contributed by atoms with Crippen LogP contribution in [0.25, 0.3) is 10.9 Å². The summed E-state index contributed by atoms with van der Waals surface area (Å²) < 4.78 is 24.0. The monoisotopic (exact) mass is 537 g/mol. The highest BCUT2D eigenvalue weighted by Gasteiger charge is 2.15. The lowest BCUT2D eigenvalue weighted by molar-refractivity contribution is 0.174. The minimum absolute atomic E-state index is 0.210. The fraction of sp³-hybridized carbons (Fsp3) is 0.160. The third-order valence-corrected chi connectivity index (χ3v) is 5.98. The quantitative estimate of drug-likeness (QED) is 0.357. The first kappa shape index (κ1) is 22.7. The largest absolute Gasteiger partial charge is 0.490 e. The molecule has 0 spiro atoms. The Bertz CT molecular complexity index is 1560. The molecule has 0 saturated heterocycles. The number of hydrogen-bond donors (Lipinski definition) is 1. The number of halogens is 1. The SMILES string of the molecule is CCOc1cc(C=Nn2c(=O)[nH]c3ccccc3c2=O)c(Br)cc1OCc1ccc2c(c1)OCO2. The molecule has 0 amide bonds. The first-order valence-corrected chi connectivity index (χ1v) is 11.6. The average Bonchev–Trinajstić information content (AvgIpc) is 3.32. The number of fused-ring (bicyclic) bond motifs is 2. The highest BCUT2D eigenvalue weighted by atomic mass is 79.9. The molecular formula is C25H20BrN3O6. The van der Waals surface area contributed by atoms with Gasteiger partial charge in [-0.25, -0.2) is 4.79 Å². The van der Waals surface area contributed by atoms with Crippen molar-refractivity contribution in [1.82, 2.24) is 9.66 Å². The zero-order valence-corrected chi connectivity index (χ0v) is 20.2. The van der Waals surface area contributed by atoms with E-state index < -0.39 is 11.2 Å². The number of nitrogens with one attached hydrogen (secondary N) is 1. The Kier molecular flexibility index (Phi) is 6.28. The predicted octanol–water partition coefficient (Wildman–Crippen LogP) is 4.04. The molecule has 10 heteroatoms. The summed E-state index contributed by atoms with van der Waals surface area (Å²) in [6.45, 7) is 2.79. The number of aromatic nitrogens is 2. The summed E-state index contributed by atoms with van der Waals surface area (Å²) in [6, 6.07) is 15.9. The second-order valence-corrected chi connectivity index (χ2v) is 8.42. The number of benzene rings is 3. The van der Waals surface area contributed by atoms with Crippen molar-refractivity contribution < 1.29 is 18.9 Å². The van der Waals surface area contributed by atoms with E-state index in [2.05, 4.69) is 26.0 Å². The molecule has 3 aromatic carbocycles. The van der Waals surface area contributed by atoms with Crippen molar-refractivity contribution in [3.05, 3.63) is 91.0 Å². The van der Waals surface area contributed by atoms with Gasteiger partial charge in [0.15, 0.2) is 23.0 Å². The molecule has 9 nitrogen and oxygen atoms in total. The normalized spacial score (nSPS) is 12.4. The lowest BCUT2D eigenvalue weighted by atomic mass is 10.2. The van der Waals surface area contributed by atoms with Crippen molar-refractivity contribution in [1.29, 1.82) is 0 Å². The van der Waals surface area contributed by atoms with Crippen molar-refractivity contribution in [2.45, 2.75) is 13.5 Å². The minimum Gasteiger partial charge on any atom is -0.490 e. The average molecular weight is 538 g/mol. The van der Waals surface area contributed by atoms with Gasteiger partial charge in [-0.15, -0.1) is 4.68 Å². The molecule has 1 aliphatic rings. The topological polar surface area (TPSA) is 104 Å². The van der Waals surface area contributed by atoms with Gasteiger partial charge in [-0.2, -0.15) is 5.10 Å². The van der Waals surface area contributed by atoms with Gasteiger partial charge in [0.2, 0.25) is 6.79 Å². The van der Waals surface area contributed by atoms with E-state index in [1.54, 1.807) is 36.4 Å². The molecule has 0 saturated carbocycles. The van der Waals surface area contributed by atoms with Crippen LogP contribution in [0.4, 0.5) is 0 Å². The molecule has 0 fully saturated rings. The molecule has 1 N–H and O–H groups in total. The molecule has 4 aromatic rings. The molecule has 0 aliphatic carbocycles. The number of aromatic amines is 1. The number of para-hydroxylation sites is 1. The molecule has 1 aromatic heterocycles. The van der Waals surface area contributed by atoms with Crippen LogP contribution >= 0.6 is 15.9 Å². The Balaban J connectivity index is 1.42. The van der Waals surface area contributed by atoms with Gasteiger partial charge in [-0.05, 0) is 64.8 Å². The van der Waals surface area contributed by atoms with Gasteiger partial charge in [0.05, 0.1) is 23.7 Å². The van der Waals surface area contributed by atoms with E-state index in [0.29, 0.717) is 57.2 Å². The lowest BCUT2D eigenvalue weighted by Gasteiger charge is -2.14. The van der Waals surface area contributed by atoms with Crippen LogP contribution in [0.2, 0.25) is 0 Å². The number of hydrogen-bond acceptors (Lipinski definition) is 7. The van der Waals surface area contributed by atoms with Crippen LogP contribution in [-0.2, 0) is 6.61 Å². The zero-order valence-electron chi connectivity index (χ0n) is 18.6. The Morgan fingerprint density at radius 3 is 2.71 bits per heavy atom. The van der Waals surface area contributed by atoms with E-state index in [9.17, 15) is 9.59 Å². The van der Waals surface area contributed by atoms with Crippen LogP contribution in [0, 0.1) is 0 Å². The molecule has 2 heterocycles. The Morgan fingerprint density at radius 2 is 1.86 bits per heavy atom. The van der Waals surface area contributed by atoms with E-state index in [4.69, 9.17) is 18.9 Å². The van der Waals surface area contributed by atoms with E-state index in [1.165, 1.54) is 6.21 Å². The summed E-state index contributed by atoms with van der Waals surface area (Å²) in [6.07, 6.45) is 1.42. The van der Waals surface area contributed by atoms with E-state index >= 15 is 0 Å². The van der Waals surface area contributed by atoms with Crippen LogP contribution in [-0.4, -0.2) is 29.3 Å². The van der Waals surface area contributed by atoms with Crippen molar-refractivity contribution in [2.75, 3.05) is 13.4 Å². The maximum atomic E-state index is 12.7. The summed E-state index contributed by atoms with van der Waals surface area (Å²) >= 11 is 3.51. The van der Waals surface area contributed by atoms with Crippen molar-refractivity contribution >= 4 is 33.0 Å². The van der Waals surface area contributed by atoms with Gasteiger partial charge >= 0.3 is 5.69 Å². The summed E-state index contributed by atoms with van der Waals surface area (Å²) in [5.41, 5.74) is 0.828. The van der Waals surface area contributed by atoms with Gasteiger partial charge in [-0.3, -0.25) is 4.79 Å². The van der Waals surface area contributed by atoms with Gasteiger partial charge in [-0.1, -0.05) is 18.2 Å². The predicted molar refractivity (Wildman–Crippen MR) is 134 cm³/mol. The molecule has 0 atom stereocenters. The number of ether oxygens (including phenoxy) is 4. The number of H-pyrrole nitrogens is 1. The fourth-order valence-corrected chi connectivity index (χ4v) is 4.03. The smallest absolute Gasteiger partial charge is 0.349 e. The highest BCUT2D eigenvalue weighted by molar-refractivity contribution is 9.10. The van der Waals surface area contributed by atoms with Crippen molar-refractivity contribution in [3.63, 3.8) is 0 Å². The third kappa shape index (κ3) is 4.65. The molecule has 5 rings (SSSR count). The van der Waals surface area contributed by atoms with Crippen LogP contribution in [0.3, 0.4) is 0 Å². The molecule has 35 heavy (non-hydrogen) atoms. The van der Waals surface area contributed by atoms with Crippen LogP contribution < -0.4 is 30.2 Å². The lowest BCUT2D eigenvalue weighted by Crippen LogP contribution is -2.32. The van der Waals surface area contributed by atoms with E-state index in [0.717, 1.165) is 10.2 Å². The number of rotatable bonds is 7. The zero-order chi connectivity index (χ0) is 24.4. The van der Waals surface area contributed by atoms with Gasteiger partial charge in [0.25, 0.3) is 5.56 Å². The first-order valence-electron chi connectivity index (χ1n) is 10.8. The molecule has 178 valence electrons. The fourth-order valence-electron chi connectivity index (χ4n) is 3.60. The van der Waals surface area contributed by atoms with Crippen LogP contribution in [0.15, 0.2) is 73.8 Å². The maximum absolute atomic E-state index is 12.7. The van der Waals surface area contributed by atoms with Gasteiger partial charge in [0.1, 0.15) is 6.61 Å². The van der Waals surface area contributed by atoms with Crippen LogP contribution in [0.1, 0.15) is 18.1 Å². The number of nitrogens with zero attached hydrogens (tertiary/aromatic N) is 2. The molecule has 1 aliphatic heterocycles. The first-order chi connectivity index (χ1) is 17.0. The molecular weight excluding hydrogens is 518 g/mol. The van der Waals surface area contributed by atoms with Crippen molar-refractivity contribution in [2.24, 2.45) is 5.10 Å². The van der Waals surface area contributed by atoms with E-state index in [-0.39, 0.29) is 6.79 Å². The summed E-state index contributed by atoms with van der Waals surface area (Å²) in [5, 5.41) is 4.49. The van der Waals surface area contributed by atoms with Crippen LogP contribution in [0.5, 0.6) is 23.0 Å². The third-order valence-electron chi connectivity index (χ3n) is 5.29. The second-order valence-electron chi connectivity index (χ2n) is 7.57. The Hall–Kier alpha value is -4.05. The Labute approximate surface area is 207 Å². The summed E-state index contributed by atoms with van der Waals surface area (Å²) in [4.78, 5) is 27.8. The molecule has 0 unspecified atom stereocenters. The maximum Gasteiger partial charge on any atom is 0.349 e. The van der Waals surface area contributed by atoms with Crippen molar-refractivity contribution in [3.8, 4) is 23.0 Å². The van der Waals surface area contributed by atoms with Gasteiger partial charge < -0.3 is 23.9 Å². The Morgan fingerprint density at radius 1 is 1.06 bits per heavy atom. The molecule has 0 bridgehead atoms. The highest BCUT2D eigenvalue weighted by Crippen LogP contribution is 2.35. The van der Waals surface area contributed by atoms with Gasteiger partial charge in [0, 0.05) is 10.0 Å². The van der Waals surface area contributed by atoms with E-state index in [1.807, 2.05) is 25.1 Å². The summed E-state index contributed by atoms with van der Waals surface area (Å²) in [5.74, 6) is 2.41. The molecule has 0 radical (unpaired) electrons.